The van der Waals surface area contributed by atoms with Crippen molar-refractivity contribution in [2.75, 3.05) is 20.8 Å². The van der Waals surface area contributed by atoms with Gasteiger partial charge in [0.2, 0.25) is 0 Å². The Kier molecular flexibility index (Phi) is 17.3. The molecule has 15 nitrogen and oxygen atoms in total. The van der Waals surface area contributed by atoms with E-state index in [-0.39, 0.29) is 39.6 Å². The molecule has 2 saturated heterocycles. The summed E-state index contributed by atoms with van der Waals surface area (Å²) in [5.74, 6) is -0.0718. The highest BCUT2D eigenvalue weighted by Crippen LogP contribution is 2.36. The van der Waals surface area contributed by atoms with Gasteiger partial charge < -0.3 is 52.5 Å². The smallest absolute Gasteiger partial charge is 0.337 e. The van der Waals surface area contributed by atoms with E-state index in [2.05, 4.69) is 10.0 Å². The predicted octanol–water partition coefficient (Wildman–Crippen LogP) is 7.23. The maximum absolute atomic E-state index is 13.9. The van der Waals surface area contributed by atoms with E-state index in [0.29, 0.717) is 5.75 Å². The van der Waals surface area contributed by atoms with Crippen LogP contribution in [0.5, 0.6) is 5.75 Å². The van der Waals surface area contributed by atoms with Crippen molar-refractivity contribution in [1.82, 2.24) is 0 Å². The zero-order valence-electron chi connectivity index (χ0n) is 35.7. The van der Waals surface area contributed by atoms with Gasteiger partial charge in [-0.3, -0.25) is 0 Å². The molecule has 5 aromatic carbocycles. The van der Waals surface area contributed by atoms with Gasteiger partial charge in [0.1, 0.15) is 48.4 Å². The third-order valence-electron chi connectivity index (χ3n) is 10.9. The molecule has 0 saturated carbocycles. The Balaban J connectivity index is 1.27. The number of aliphatic hydroxyl groups is 1. The van der Waals surface area contributed by atoms with Gasteiger partial charge in [0.15, 0.2) is 18.7 Å². The maximum Gasteiger partial charge on any atom is 0.337 e. The maximum atomic E-state index is 13.9. The molecule has 336 valence electrons. The van der Waals surface area contributed by atoms with Crippen LogP contribution in [0.1, 0.15) is 27.8 Å². The topological polar surface area (TPSA) is 178 Å². The van der Waals surface area contributed by atoms with Crippen LogP contribution in [0.2, 0.25) is 0 Å². The number of methoxy groups -OCH3 is 2. The fourth-order valence-electron chi connectivity index (χ4n) is 7.59. The van der Waals surface area contributed by atoms with Gasteiger partial charge in [0.25, 0.3) is 0 Å². The van der Waals surface area contributed by atoms with Gasteiger partial charge >= 0.3 is 5.97 Å². The van der Waals surface area contributed by atoms with Crippen LogP contribution in [-0.2, 0) is 80.5 Å². The lowest BCUT2D eigenvalue weighted by molar-refractivity contribution is -0.356. The second-order valence-electron chi connectivity index (χ2n) is 15.2. The summed E-state index contributed by atoms with van der Waals surface area (Å²) in [5, 5.41) is 15.3. The average molecular weight is 876 g/mol. The van der Waals surface area contributed by atoms with Gasteiger partial charge in [0.05, 0.1) is 53.9 Å². The molecule has 2 aliphatic rings. The van der Waals surface area contributed by atoms with E-state index < -0.39 is 67.3 Å². The second-order valence-corrected chi connectivity index (χ2v) is 15.2. The number of aliphatic hydroxyl groups excluding tert-OH is 1. The van der Waals surface area contributed by atoms with E-state index >= 15 is 0 Å². The van der Waals surface area contributed by atoms with Crippen LogP contribution >= 0.6 is 0 Å². The molecule has 15 heteroatoms. The number of rotatable bonds is 21. The lowest BCUT2D eigenvalue weighted by Gasteiger charge is -2.48. The summed E-state index contributed by atoms with van der Waals surface area (Å²) in [6.45, 7) is 0.445. The molecule has 2 fully saturated rings. The van der Waals surface area contributed by atoms with Crippen LogP contribution in [0.4, 0.5) is 0 Å². The second kappa shape index (κ2) is 23.8. The molecular weight excluding hydrogens is 823 g/mol. The molecule has 0 radical (unpaired) electrons. The van der Waals surface area contributed by atoms with E-state index in [9.17, 15) is 15.4 Å². The SMILES string of the molecule is COC(=O)[C@H]1O[C@@H](O[C@H]2[C@H](OCc3ccccc3)[C@@H](N=[N+]=[N-])[C@@H](O)O[C@@H]2COCc2ccccc2)[C@H](OCc2ccccc2)[C@@H](OCc2ccccc2)[C@@H]1OCc1ccc(OC)cc1. The zero-order chi connectivity index (χ0) is 44.5. The largest absolute Gasteiger partial charge is 0.497 e. The van der Waals surface area contributed by atoms with Crippen molar-refractivity contribution < 1.29 is 57.3 Å². The van der Waals surface area contributed by atoms with Crippen molar-refractivity contribution in [1.29, 1.82) is 0 Å². The van der Waals surface area contributed by atoms with Crippen LogP contribution < -0.4 is 4.74 Å². The number of hydrogen-bond acceptors (Lipinski definition) is 13. The zero-order valence-corrected chi connectivity index (χ0v) is 35.7. The molecule has 0 unspecified atom stereocenters. The van der Waals surface area contributed by atoms with E-state index in [0.717, 1.165) is 27.8 Å². The summed E-state index contributed by atoms with van der Waals surface area (Å²) in [6, 6.07) is 44.1. The minimum absolute atomic E-state index is 0.0570. The van der Waals surface area contributed by atoms with Gasteiger partial charge in [-0.05, 0) is 45.5 Å². The molecule has 0 bridgehead atoms. The van der Waals surface area contributed by atoms with E-state index in [1.54, 1.807) is 7.11 Å². The Bertz CT molecular complexity index is 2190. The van der Waals surface area contributed by atoms with Crippen LogP contribution in [0, 0.1) is 0 Å². The molecule has 0 aliphatic carbocycles. The number of nitrogens with zero attached hydrogens (tertiary/aromatic N) is 3. The number of hydrogen-bond donors (Lipinski definition) is 1. The summed E-state index contributed by atoms with van der Waals surface area (Å²) in [4.78, 5) is 16.9. The highest BCUT2D eigenvalue weighted by atomic mass is 16.7. The Morgan fingerprint density at radius 2 is 1.06 bits per heavy atom. The highest BCUT2D eigenvalue weighted by molar-refractivity contribution is 5.75. The molecule has 0 amide bonds. The van der Waals surface area contributed by atoms with Gasteiger partial charge in [0, 0.05) is 4.91 Å². The number of esters is 1. The molecule has 0 spiro atoms. The van der Waals surface area contributed by atoms with Crippen LogP contribution in [0.25, 0.3) is 10.4 Å². The molecule has 2 aliphatic heterocycles. The van der Waals surface area contributed by atoms with Crippen molar-refractivity contribution in [2.24, 2.45) is 5.11 Å². The highest BCUT2D eigenvalue weighted by Gasteiger charge is 2.55. The van der Waals surface area contributed by atoms with Crippen molar-refractivity contribution in [2.45, 2.75) is 94.4 Å². The first-order valence-corrected chi connectivity index (χ1v) is 21.0. The third-order valence-corrected chi connectivity index (χ3v) is 10.9. The lowest BCUT2D eigenvalue weighted by Crippen LogP contribution is -2.66. The standard InChI is InChI=1S/C49H53N3O12/c1-55-38-25-23-37(24-26-38)31-59-43-44(60-29-35-19-11-5-12-20-35)46(61-30-36-21-13-6-14-22-36)49(64-45(43)48(54)56-2)63-41-39(32-57-27-33-15-7-3-8-16-33)62-47(53)40(51-52-50)42(41)58-28-34-17-9-4-10-18-34/h3-26,39-47,49,53H,27-32H2,1-2H3/t39-,40-,41-,42-,43+,44+,45+,46-,47+,49-/m1/s1. The van der Waals surface area contributed by atoms with E-state index in [1.807, 2.05) is 146 Å². The third kappa shape index (κ3) is 12.5. The molecule has 64 heavy (non-hydrogen) atoms. The van der Waals surface area contributed by atoms with Gasteiger partial charge in [-0.15, -0.1) is 0 Å². The monoisotopic (exact) mass is 875 g/mol. The summed E-state index contributed by atoms with van der Waals surface area (Å²) < 4.78 is 63.3. The molecule has 1 N–H and O–H groups in total. The molecule has 0 aromatic heterocycles. The molecule has 2 heterocycles. The fraction of sp³-hybridized carbons (Fsp3) is 0.367. The van der Waals surface area contributed by atoms with Crippen molar-refractivity contribution in [3.8, 4) is 5.75 Å². The summed E-state index contributed by atoms with van der Waals surface area (Å²) >= 11 is 0. The van der Waals surface area contributed by atoms with Crippen molar-refractivity contribution in [3.05, 3.63) is 184 Å². The van der Waals surface area contributed by atoms with Crippen molar-refractivity contribution >= 4 is 5.97 Å². The molecule has 7 rings (SSSR count). The summed E-state index contributed by atoms with van der Waals surface area (Å²) in [6.07, 6.45) is -10.9. The minimum Gasteiger partial charge on any atom is -0.497 e. The van der Waals surface area contributed by atoms with Gasteiger partial charge in [-0.25, -0.2) is 4.79 Å². The quantitative estimate of drug-likeness (QED) is 0.0339. The fourth-order valence-corrected chi connectivity index (χ4v) is 7.59. The number of carbonyl (C=O) groups excluding carboxylic acids is 1. The summed E-state index contributed by atoms with van der Waals surface area (Å²) in [5.41, 5.74) is 14.0. The average Bonchev–Trinajstić information content (AvgIpc) is 3.34. The Morgan fingerprint density at radius 3 is 1.56 bits per heavy atom. The predicted molar refractivity (Wildman–Crippen MR) is 232 cm³/mol. The molecular formula is C49H53N3O12. The Hall–Kier alpha value is -5.68. The molecule has 10 atom stereocenters. The first-order chi connectivity index (χ1) is 31.4. The lowest BCUT2D eigenvalue weighted by atomic mass is 9.95. The summed E-state index contributed by atoms with van der Waals surface area (Å²) in [7, 11) is 2.85. The van der Waals surface area contributed by atoms with Crippen LogP contribution in [0.3, 0.4) is 0 Å². The minimum atomic E-state index is -1.60. The van der Waals surface area contributed by atoms with E-state index in [1.165, 1.54) is 7.11 Å². The first-order valence-electron chi connectivity index (χ1n) is 21.0. The van der Waals surface area contributed by atoms with Gasteiger partial charge in [-0.2, -0.15) is 0 Å². The number of azide groups is 1. The first kappa shape index (κ1) is 46.3. The van der Waals surface area contributed by atoms with Crippen molar-refractivity contribution in [3.63, 3.8) is 0 Å². The van der Waals surface area contributed by atoms with E-state index in [4.69, 9.17) is 47.4 Å². The number of carbonyl (C=O) groups is 1. The van der Waals surface area contributed by atoms with Crippen LogP contribution in [0.15, 0.2) is 151 Å². The number of benzene rings is 5. The Morgan fingerprint density at radius 1 is 0.594 bits per heavy atom. The molecule has 5 aromatic rings. The number of ether oxygens (including phenoxy) is 10. The van der Waals surface area contributed by atoms with Crippen LogP contribution in [-0.4, -0.2) is 93.3 Å². The van der Waals surface area contributed by atoms with Gasteiger partial charge in [-0.1, -0.05) is 139 Å². The Labute approximate surface area is 372 Å². The normalized spacial score (nSPS) is 25.5.